The molecule has 2 saturated carbocycles. The Labute approximate surface area is 429 Å². The molecule has 0 bridgehead atoms. The Balaban J connectivity index is 0.000000392. The lowest BCUT2D eigenvalue weighted by atomic mass is 10.1. The Kier molecular flexibility index (Phi) is 23.8. The third-order valence-electron chi connectivity index (χ3n) is 12.1. The fourth-order valence-electron chi connectivity index (χ4n) is 7.68. The second-order valence-corrected chi connectivity index (χ2v) is 22.4. The van der Waals surface area contributed by atoms with Crippen molar-refractivity contribution >= 4 is 73.1 Å². The molecule has 2 aliphatic rings. The van der Waals surface area contributed by atoms with Gasteiger partial charge >= 0.3 is 18.0 Å². The first-order valence-corrected chi connectivity index (χ1v) is 27.5. The third kappa shape index (κ3) is 20.0. The first-order valence-electron chi connectivity index (χ1n) is 24.5. The van der Waals surface area contributed by atoms with Gasteiger partial charge in [0.25, 0.3) is 31.9 Å². The van der Waals surface area contributed by atoms with Gasteiger partial charge in [-0.2, -0.15) is 0 Å². The van der Waals surface area contributed by atoms with Gasteiger partial charge in [0, 0.05) is 37.5 Å². The van der Waals surface area contributed by atoms with Gasteiger partial charge in [0.05, 0.1) is 25.6 Å². The van der Waals surface area contributed by atoms with Crippen molar-refractivity contribution in [1.29, 1.82) is 0 Å². The summed E-state index contributed by atoms with van der Waals surface area (Å²) in [6, 6.07) is 11.7. The number of unbranched alkanes of at least 4 members (excludes halogenated alkanes) is 10. The summed E-state index contributed by atoms with van der Waals surface area (Å²) in [5, 5.41) is 7.75. The number of nitrogens with two attached hydrogens (primary N) is 1. The van der Waals surface area contributed by atoms with Gasteiger partial charge in [-0.05, 0) is 83.6 Å². The minimum absolute atomic E-state index is 0.0424. The van der Waals surface area contributed by atoms with Crippen LogP contribution in [-0.4, -0.2) is 89.4 Å². The summed E-state index contributed by atoms with van der Waals surface area (Å²) in [6.07, 6.45) is 14.0. The summed E-state index contributed by atoms with van der Waals surface area (Å²) in [6.45, 7) is 12.3. The van der Waals surface area contributed by atoms with Crippen LogP contribution in [0.3, 0.4) is 0 Å². The van der Waals surface area contributed by atoms with Crippen LogP contribution in [0.25, 0.3) is 0 Å². The molecular formula is C51H74N6O14S2. The molecule has 4 atom stereocenters. The molecule has 404 valence electrons. The summed E-state index contributed by atoms with van der Waals surface area (Å²) >= 11 is 0. The monoisotopic (exact) mass is 1060 g/mol. The van der Waals surface area contributed by atoms with E-state index in [2.05, 4.69) is 38.6 Å². The molecule has 73 heavy (non-hydrogen) atoms. The lowest BCUT2D eigenvalue weighted by Gasteiger charge is -2.23. The molecular weight excluding hydrogens is 985 g/mol. The highest BCUT2D eigenvalue weighted by Gasteiger charge is 2.61. The number of nitrogens with one attached hydrogen (secondary N) is 5. The zero-order valence-electron chi connectivity index (χ0n) is 42.7. The van der Waals surface area contributed by atoms with Crippen LogP contribution in [0.4, 0.5) is 16.2 Å². The standard InChI is InChI=1S/C28H41N3O8S.C23H33N3O6S/c1-6-20-19-28(20,30-26(35)39-27(2,3)4)25(34)31-40(36,37)22-16-14-13-15-21(22)29-23(32)17-11-9-7-8-10-12-18-24(33)38-5;1-3-17-16-23(17,24)22(29)26-33(30,31)19-13-11-10-12-18(19)25-20(27)14-8-6-4-5-7-9-15-21(28)32-2/h6,13-16,20H,1,7-12,17-19H2,2-5H3,(H,29,32)(H,30,35)(H,31,34);3,10-13,17H,1,4-9,14-16,24H2,2H3,(H,25,27)(H,26,29)/t20-,28-;17-,23-/m11/s1. The van der Waals surface area contributed by atoms with Crippen molar-refractivity contribution in [2.75, 3.05) is 24.9 Å². The first-order chi connectivity index (χ1) is 34.4. The molecule has 7 N–H and O–H groups in total. The van der Waals surface area contributed by atoms with Gasteiger partial charge in [0.15, 0.2) is 0 Å². The Morgan fingerprint density at radius 2 is 0.986 bits per heavy atom. The molecule has 0 unspecified atom stereocenters. The van der Waals surface area contributed by atoms with Crippen molar-refractivity contribution in [3.63, 3.8) is 0 Å². The van der Waals surface area contributed by atoms with E-state index in [0.29, 0.717) is 32.1 Å². The number of para-hydroxylation sites is 2. The second-order valence-electron chi connectivity index (χ2n) is 19.1. The van der Waals surface area contributed by atoms with Crippen molar-refractivity contribution in [2.45, 2.75) is 163 Å². The fraction of sp³-hybridized carbons (Fsp3) is 0.549. The fourth-order valence-corrected chi connectivity index (χ4v) is 10.1. The lowest BCUT2D eigenvalue weighted by molar-refractivity contribution is -0.141. The topological polar surface area (TPSA) is 302 Å². The molecule has 0 aromatic heterocycles. The summed E-state index contributed by atoms with van der Waals surface area (Å²) in [5.74, 6) is -3.53. The molecule has 2 aromatic carbocycles. The first kappa shape index (κ1) is 61.2. The summed E-state index contributed by atoms with van der Waals surface area (Å²) in [4.78, 5) is 84.4. The van der Waals surface area contributed by atoms with Crippen molar-refractivity contribution in [2.24, 2.45) is 17.6 Å². The van der Waals surface area contributed by atoms with E-state index in [1.54, 1.807) is 32.9 Å². The van der Waals surface area contributed by atoms with Crippen LogP contribution in [0.1, 0.15) is 136 Å². The molecule has 0 spiro atoms. The quantitative estimate of drug-likeness (QED) is 0.0211. The summed E-state index contributed by atoms with van der Waals surface area (Å²) < 4.78 is 70.4. The number of amides is 5. The Morgan fingerprint density at radius 3 is 1.36 bits per heavy atom. The van der Waals surface area contributed by atoms with E-state index in [4.69, 9.17) is 10.5 Å². The van der Waals surface area contributed by atoms with Crippen molar-refractivity contribution in [1.82, 2.24) is 14.8 Å². The number of hydrogen-bond donors (Lipinski definition) is 6. The number of ether oxygens (including phenoxy) is 3. The molecule has 0 saturated heterocycles. The van der Waals surface area contributed by atoms with Crippen LogP contribution in [-0.2, 0) is 63.0 Å². The van der Waals surface area contributed by atoms with Crippen LogP contribution in [0.2, 0.25) is 0 Å². The molecule has 5 amide bonds. The van der Waals surface area contributed by atoms with E-state index in [1.165, 1.54) is 62.8 Å². The number of carbonyl (C=O) groups excluding carboxylic acids is 7. The van der Waals surface area contributed by atoms with E-state index in [0.717, 1.165) is 64.2 Å². The highest BCUT2D eigenvalue weighted by molar-refractivity contribution is 7.90. The lowest BCUT2D eigenvalue weighted by Crippen LogP contribution is -2.52. The Morgan fingerprint density at radius 1 is 0.603 bits per heavy atom. The number of methoxy groups -OCH3 is 2. The van der Waals surface area contributed by atoms with Gasteiger partial charge in [-0.25, -0.2) is 31.1 Å². The zero-order chi connectivity index (χ0) is 54.5. The summed E-state index contributed by atoms with van der Waals surface area (Å²) in [7, 11) is -5.88. The highest BCUT2D eigenvalue weighted by Crippen LogP contribution is 2.45. The number of alkyl carbamates (subject to hydrolysis) is 1. The summed E-state index contributed by atoms with van der Waals surface area (Å²) in [5.41, 5.74) is 2.50. The average Bonchev–Trinajstić information content (AvgIpc) is 4.23. The van der Waals surface area contributed by atoms with Gasteiger partial charge in [0.2, 0.25) is 11.8 Å². The Hall–Kier alpha value is -6.13. The van der Waals surface area contributed by atoms with Crippen molar-refractivity contribution in [3.05, 3.63) is 73.8 Å². The van der Waals surface area contributed by atoms with Gasteiger partial charge < -0.3 is 35.9 Å². The maximum Gasteiger partial charge on any atom is 0.408 e. The molecule has 0 radical (unpaired) electrons. The van der Waals surface area contributed by atoms with E-state index in [-0.39, 0.29) is 70.1 Å². The molecule has 2 aliphatic carbocycles. The van der Waals surface area contributed by atoms with E-state index < -0.39 is 60.6 Å². The van der Waals surface area contributed by atoms with E-state index in [1.807, 2.05) is 9.44 Å². The van der Waals surface area contributed by atoms with Gasteiger partial charge in [-0.15, -0.1) is 13.2 Å². The van der Waals surface area contributed by atoms with Crippen LogP contribution >= 0.6 is 0 Å². The number of hydrogen-bond acceptors (Lipinski definition) is 15. The third-order valence-corrected chi connectivity index (χ3v) is 14.9. The average molecular weight is 1060 g/mol. The molecule has 22 heteroatoms. The zero-order valence-corrected chi connectivity index (χ0v) is 44.3. The predicted molar refractivity (Wildman–Crippen MR) is 274 cm³/mol. The molecule has 4 rings (SSSR count). The predicted octanol–water partition coefficient (Wildman–Crippen LogP) is 6.82. The van der Waals surface area contributed by atoms with Gasteiger partial charge in [-0.3, -0.25) is 28.8 Å². The Bertz CT molecular complexity index is 2510. The number of benzene rings is 2. The van der Waals surface area contributed by atoms with Crippen LogP contribution < -0.4 is 31.1 Å². The second kappa shape index (κ2) is 28.4. The molecule has 0 aliphatic heterocycles. The van der Waals surface area contributed by atoms with Crippen molar-refractivity contribution < 1.29 is 64.6 Å². The maximum absolute atomic E-state index is 13.2. The van der Waals surface area contributed by atoms with E-state index in [9.17, 15) is 50.4 Å². The van der Waals surface area contributed by atoms with Gasteiger partial charge in [-0.1, -0.05) is 87.8 Å². The van der Waals surface area contributed by atoms with Crippen LogP contribution in [0, 0.1) is 11.8 Å². The largest absolute Gasteiger partial charge is 0.469 e. The van der Waals surface area contributed by atoms with E-state index >= 15 is 0 Å². The SMILES string of the molecule is C=C[C@@H]1C[C@]1(N)C(=O)NS(=O)(=O)c1ccccc1NC(=O)CCCCCCCCC(=O)OC.C=C[C@@H]1C[C@]1(NC(=O)OC(C)(C)C)C(=O)NS(=O)(=O)c1ccccc1NC(=O)CCCCCCCCC(=O)OC. The van der Waals surface area contributed by atoms with Crippen molar-refractivity contribution in [3.8, 4) is 0 Å². The molecule has 2 fully saturated rings. The highest BCUT2D eigenvalue weighted by atomic mass is 32.2. The number of rotatable bonds is 29. The number of carbonyl (C=O) groups is 7. The number of sulfonamides is 2. The normalized spacial score (nSPS) is 18.8. The minimum atomic E-state index is -4.40. The minimum Gasteiger partial charge on any atom is -0.469 e. The molecule has 20 nitrogen and oxygen atoms in total. The van der Waals surface area contributed by atoms with Crippen LogP contribution in [0.5, 0.6) is 0 Å². The molecule has 0 heterocycles. The number of esters is 2. The smallest absolute Gasteiger partial charge is 0.408 e. The van der Waals surface area contributed by atoms with Crippen LogP contribution in [0.15, 0.2) is 83.6 Å². The number of anilines is 2. The molecule has 2 aromatic rings. The van der Waals surface area contributed by atoms with Gasteiger partial charge in [0.1, 0.15) is 26.5 Å². The maximum atomic E-state index is 13.2.